The van der Waals surface area contributed by atoms with Crippen molar-refractivity contribution < 1.29 is 14.3 Å². The van der Waals surface area contributed by atoms with Gasteiger partial charge in [0.2, 0.25) is 18.0 Å². The summed E-state index contributed by atoms with van der Waals surface area (Å²) >= 11 is 0. The Labute approximate surface area is 242 Å². The van der Waals surface area contributed by atoms with E-state index in [0.717, 1.165) is 13.0 Å². The maximum Gasteiger partial charge on any atom is 0.242 e. The van der Waals surface area contributed by atoms with E-state index < -0.39 is 6.23 Å². The van der Waals surface area contributed by atoms with Crippen molar-refractivity contribution in [1.29, 1.82) is 5.26 Å². The summed E-state index contributed by atoms with van der Waals surface area (Å²) in [5, 5.41) is 16.3. The molecule has 0 spiro atoms. The predicted molar refractivity (Wildman–Crippen MR) is 156 cm³/mol. The fourth-order valence-corrected chi connectivity index (χ4v) is 12.3. The van der Waals surface area contributed by atoms with E-state index in [4.69, 9.17) is 9.47 Å². The Hall–Kier alpha value is -1.61. The van der Waals surface area contributed by atoms with Crippen LogP contribution in [0.4, 0.5) is 0 Å². The topological polar surface area (TPSA) is 74.9 Å². The van der Waals surface area contributed by atoms with Gasteiger partial charge < -0.3 is 9.47 Å². The number of amides is 1. The summed E-state index contributed by atoms with van der Waals surface area (Å²) in [5.41, 5.74) is 0.523. The fraction of sp³-hybridized carbons (Fsp3) is 0.912. The van der Waals surface area contributed by atoms with Crippen LogP contribution in [0.15, 0.2) is 5.10 Å². The molecular weight excluding hydrogens is 498 g/mol. The van der Waals surface area contributed by atoms with Crippen molar-refractivity contribution in [3.63, 3.8) is 0 Å². The lowest BCUT2D eigenvalue weighted by Gasteiger charge is -2.72. The van der Waals surface area contributed by atoms with Crippen LogP contribution in [-0.2, 0) is 14.3 Å². The maximum atomic E-state index is 12.6. The molecule has 0 aromatic heterocycles. The number of rotatable bonds is 3. The molecule has 1 amide bonds. The Bertz CT molecular complexity index is 1160. The molecule has 2 bridgehead atoms. The molecule has 0 unspecified atom stereocenters. The van der Waals surface area contributed by atoms with Crippen molar-refractivity contribution in [2.45, 2.75) is 132 Å². The number of hydrazone groups is 1. The van der Waals surface area contributed by atoms with E-state index in [1.807, 2.05) is 6.92 Å². The summed E-state index contributed by atoms with van der Waals surface area (Å²) in [6.45, 7) is 21.4. The molecular formula is C34H53N3O3. The fourth-order valence-electron chi connectivity index (χ4n) is 12.3. The highest BCUT2D eigenvalue weighted by molar-refractivity contribution is 5.81. The highest BCUT2D eigenvalue weighted by Crippen LogP contribution is 2.77. The molecule has 0 N–H and O–H groups in total. The van der Waals surface area contributed by atoms with E-state index in [-0.39, 0.29) is 38.9 Å². The van der Waals surface area contributed by atoms with Crippen LogP contribution >= 0.6 is 0 Å². The molecule has 0 radical (unpaired) electrons. The Morgan fingerprint density at radius 2 is 1.75 bits per heavy atom. The molecule has 6 nitrogen and oxygen atoms in total. The smallest absolute Gasteiger partial charge is 0.242 e. The molecule has 1 saturated heterocycles. The molecule has 222 valence electrons. The molecule has 2 heterocycles. The zero-order valence-electron chi connectivity index (χ0n) is 26.6. The van der Waals surface area contributed by atoms with Crippen LogP contribution in [0.2, 0.25) is 0 Å². The van der Waals surface area contributed by atoms with Crippen LogP contribution in [0, 0.1) is 67.5 Å². The first kappa shape index (κ1) is 28.5. The summed E-state index contributed by atoms with van der Waals surface area (Å²) in [5.74, 6) is 2.51. The van der Waals surface area contributed by atoms with E-state index in [1.54, 1.807) is 11.9 Å². The van der Waals surface area contributed by atoms with Crippen LogP contribution in [0.3, 0.4) is 0 Å². The lowest BCUT2D eigenvalue weighted by molar-refractivity contribution is -0.242. The van der Waals surface area contributed by atoms with E-state index in [2.05, 4.69) is 59.6 Å². The lowest BCUT2D eigenvalue weighted by atomic mass is 9.32. The predicted octanol–water partition coefficient (Wildman–Crippen LogP) is 7.53. The molecule has 6 aliphatic rings. The average molecular weight is 552 g/mol. The summed E-state index contributed by atoms with van der Waals surface area (Å²) in [6, 6.07) is 2.66. The number of hydrogen-bond donors (Lipinski definition) is 0. The molecule has 0 aromatic carbocycles. The van der Waals surface area contributed by atoms with Crippen molar-refractivity contribution in [2.24, 2.45) is 61.3 Å². The van der Waals surface area contributed by atoms with Gasteiger partial charge in [0.05, 0.1) is 18.8 Å². The van der Waals surface area contributed by atoms with Gasteiger partial charge in [-0.3, -0.25) is 4.79 Å². The Kier molecular flexibility index (Phi) is 6.21. The normalized spacial score (nSPS) is 49.2. The Balaban J connectivity index is 1.37. The quantitative estimate of drug-likeness (QED) is 0.363. The van der Waals surface area contributed by atoms with Crippen molar-refractivity contribution in [3.8, 4) is 6.07 Å². The Morgan fingerprint density at radius 3 is 2.42 bits per heavy atom. The van der Waals surface area contributed by atoms with E-state index in [0.29, 0.717) is 41.6 Å². The molecule has 2 aliphatic heterocycles. The van der Waals surface area contributed by atoms with E-state index in [1.165, 1.54) is 44.9 Å². The summed E-state index contributed by atoms with van der Waals surface area (Å²) in [6.07, 6.45) is 10.3. The van der Waals surface area contributed by atoms with Gasteiger partial charge in [0.15, 0.2) is 0 Å². The monoisotopic (exact) mass is 551 g/mol. The zero-order chi connectivity index (χ0) is 29.1. The number of carbonyl (C=O) groups excluding carboxylic acids is 1. The van der Waals surface area contributed by atoms with Gasteiger partial charge in [-0.1, -0.05) is 48.5 Å². The molecule has 0 aromatic rings. The van der Waals surface area contributed by atoms with Crippen LogP contribution < -0.4 is 0 Å². The van der Waals surface area contributed by atoms with E-state index >= 15 is 0 Å². The molecule has 4 saturated carbocycles. The number of nitrogens with zero attached hydrogens (tertiary/aromatic N) is 3. The van der Waals surface area contributed by atoms with Crippen molar-refractivity contribution in [3.05, 3.63) is 0 Å². The minimum absolute atomic E-state index is 0.0889. The number of fused-ring (bicyclic) bond motifs is 3. The van der Waals surface area contributed by atoms with Gasteiger partial charge in [-0.15, -0.1) is 5.10 Å². The standard InChI is InChI=1S/C34H53N3O3/c1-21-36-37(22(2)38)28(40-21)30(5,6)24-12-13-33(9)25(31(24,7)18-19-35)11-10-23-26-27-29(3,4)14-16-34(26,20-39-27)17-15-32(23,33)8/h23-28H,10-18,20H2,1-9H3/t23-,24+,25-,26+,27-,28+,31+,32-,33-,34-/m1/s1. The molecule has 4 aliphatic carbocycles. The van der Waals surface area contributed by atoms with Gasteiger partial charge in [0, 0.05) is 25.7 Å². The lowest BCUT2D eigenvalue weighted by Crippen LogP contribution is -2.67. The van der Waals surface area contributed by atoms with Crippen LogP contribution in [0.25, 0.3) is 0 Å². The zero-order valence-corrected chi connectivity index (χ0v) is 26.6. The third kappa shape index (κ3) is 3.48. The van der Waals surface area contributed by atoms with Gasteiger partial charge in [-0.2, -0.15) is 10.3 Å². The second kappa shape index (κ2) is 8.71. The van der Waals surface area contributed by atoms with Crippen LogP contribution in [0.1, 0.15) is 120 Å². The van der Waals surface area contributed by atoms with Gasteiger partial charge >= 0.3 is 0 Å². The third-order valence-corrected chi connectivity index (χ3v) is 14.5. The van der Waals surface area contributed by atoms with Gasteiger partial charge in [-0.25, -0.2) is 0 Å². The summed E-state index contributed by atoms with van der Waals surface area (Å²) in [4.78, 5) is 12.6. The SMILES string of the molecule is CC(=O)N1N=C(C)O[C@H]1C(C)(C)[C@@H]1CC[C@]2(C)[C@H](CC[C@@H]3[C@H]4[C@H]5OC[C@@]4(CCC5(C)C)CC[C@]32C)[C@@]1(C)CC#N. The minimum Gasteiger partial charge on any atom is -0.453 e. The molecule has 40 heavy (non-hydrogen) atoms. The first-order valence-electron chi connectivity index (χ1n) is 16.1. The number of ether oxygens (including phenoxy) is 2. The highest BCUT2D eigenvalue weighted by atomic mass is 16.5. The second-order valence-corrected chi connectivity index (χ2v) is 16.9. The molecule has 5 fully saturated rings. The second-order valence-electron chi connectivity index (χ2n) is 16.9. The van der Waals surface area contributed by atoms with Gasteiger partial charge in [-0.05, 0) is 102 Å². The summed E-state index contributed by atoms with van der Waals surface area (Å²) in [7, 11) is 0. The van der Waals surface area contributed by atoms with Crippen molar-refractivity contribution >= 4 is 11.8 Å². The number of hydrogen-bond acceptors (Lipinski definition) is 5. The maximum absolute atomic E-state index is 12.6. The summed E-state index contributed by atoms with van der Waals surface area (Å²) < 4.78 is 13.0. The van der Waals surface area contributed by atoms with Crippen LogP contribution in [-0.4, -0.2) is 35.8 Å². The van der Waals surface area contributed by atoms with Crippen molar-refractivity contribution in [2.75, 3.05) is 6.61 Å². The minimum atomic E-state index is -0.434. The first-order valence-corrected chi connectivity index (χ1v) is 16.1. The van der Waals surface area contributed by atoms with Gasteiger partial charge in [0.1, 0.15) is 0 Å². The highest BCUT2D eigenvalue weighted by Gasteiger charge is 2.72. The molecule has 6 rings (SSSR count). The van der Waals surface area contributed by atoms with Crippen molar-refractivity contribution in [1.82, 2.24) is 5.01 Å². The average Bonchev–Trinajstić information content (AvgIpc) is 3.42. The van der Waals surface area contributed by atoms with E-state index in [9.17, 15) is 10.1 Å². The first-order chi connectivity index (χ1) is 18.6. The van der Waals surface area contributed by atoms with Crippen LogP contribution in [0.5, 0.6) is 0 Å². The van der Waals surface area contributed by atoms with Gasteiger partial charge in [0.25, 0.3) is 0 Å². The largest absolute Gasteiger partial charge is 0.453 e. The third-order valence-electron chi connectivity index (χ3n) is 14.5. The number of carbonyl (C=O) groups is 1. The number of nitriles is 1. The molecule has 6 heteroatoms. The Morgan fingerprint density at radius 1 is 1.05 bits per heavy atom. The molecule has 10 atom stereocenters.